The third kappa shape index (κ3) is 6.01. The molecule has 0 aliphatic carbocycles. The number of rotatable bonds is 7. The van der Waals surface area contributed by atoms with E-state index in [4.69, 9.17) is 4.42 Å². The largest absolute Gasteiger partial charge is 0.455 e. The lowest BCUT2D eigenvalue weighted by Crippen LogP contribution is -2.11. The standard InChI is InChI=1S/C58H37NOS/c1-3-15-38(16-4-1)45-21-9-11-26-53(45)59(43-31-29-40(30-32-43)46-23-13-25-50-48-22-10-12-27-54(48)60-58(46)50)44-33-34-47(51(37-44)39-17-5-2-6-18-39)49-24-14-28-55-57(49)52-35-41-19-7-8-20-42(41)36-56(52)61-55/h1-37H. The van der Waals surface area contributed by atoms with Crippen molar-refractivity contribution in [2.45, 2.75) is 0 Å². The molecule has 0 atom stereocenters. The van der Waals surface area contributed by atoms with Crippen LogP contribution in [-0.2, 0) is 0 Å². The lowest BCUT2D eigenvalue weighted by Gasteiger charge is -2.29. The highest BCUT2D eigenvalue weighted by atomic mass is 32.1. The van der Waals surface area contributed by atoms with E-state index in [-0.39, 0.29) is 0 Å². The first kappa shape index (κ1) is 35.2. The summed E-state index contributed by atoms with van der Waals surface area (Å²) in [6, 6.07) is 81.2. The molecular formula is C58H37NOS. The van der Waals surface area contributed by atoms with Crippen molar-refractivity contribution in [2.24, 2.45) is 0 Å². The van der Waals surface area contributed by atoms with Gasteiger partial charge in [0.25, 0.3) is 0 Å². The molecule has 0 saturated heterocycles. The number of anilines is 3. The number of furan rings is 1. The van der Waals surface area contributed by atoms with E-state index >= 15 is 0 Å². The van der Waals surface area contributed by atoms with Crippen molar-refractivity contribution < 1.29 is 4.42 Å². The Labute approximate surface area is 357 Å². The average molecular weight is 796 g/mol. The molecule has 2 nitrogen and oxygen atoms in total. The van der Waals surface area contributed by atoms with E-state index in [0.717, 1.165) is 55.7 Å². The van der Waals surface area contributed by atoms with Gasteiger partial charge in [0.1, 0.15) is 11.2 Å². The fraction of sp³-hybridized carbons (Fsp3) is 0. The molecule has 0 bridgehead atoms. The molecule has 0 unspecified atom stereocenters. The van der Waals surface area contributed by atoms with Crippen molar-refractivity contribution >= 4 is 81.3 Å². The summed E-state index contributed by atoms with van der Waals surface area (Å²) >= 11 is 1.88. The van der Waals surface area contributed by atoms with Gasteiger partial charge in [-0.05, 0) is 98.8 Å². The number of para-hydroxylation sites is 3. The Morgan fingerprint density at radius 2 is 0.951 bits per heavy atom. The first-order chi connectivity index (χ1) is 30.2. The Kier molecular flexibility index (Phi) is 8.39. The molecule has 12 aromatic rings. The smallest absolute Gasteiger partial charge is 0.143 e. The van der Waals surface area contributed by atoms with Crippen LogP contribution in [0.2, 0.25) is 0 Å². The maximum Gasteiger partial charge on any atom is 0.143 e. The van der Waals surface area contributed by atoms with Gasteiger partial charge in [-0.15, -0.1) is 11.3 Å². The van der Waals surface area contributed by atoms with Crippen LogP contribution in [0.1, 0.15) is 0 Å². The molecule has 10 aromatic carbocycles. The molecule has 12 rings (SSSR count). The highest BCUT2D eigenvalue weighted by Gasteiger charge is 2.22. The fourth-order valence-electron chi connectivity index (χ4n) is 9.22. The molecule has 0 radical (unpaired) electrons. The predicted molar refractivity (Wildman–Crippen MR) is 261 cm³/mol. The molecule has 0 fully saturated rings. The van der Waals surface area contributed by atoms with E-state index in [1.165, 1.54) is 58.8 Å². The lowest BCUT2D eigenvalue weighted by atomic mass is 9.90. The number of hydrogen-bond donors (Lipinski definition) is 0. The average Bonchev–Trinajstić information content (AvgIpc) is 3.90. The van der Waals surface area contributed by atoms with E-state index in [1.54, 1.807) is 0 Å². The van der Waals surface area contributed by atoms with Gasteiger partial charge in [-0.3, -0.25) is 0 Å². The van der Waals surface area contributed by atoms with Crippen molar-refractivity contribution in [2.75, 3.05) is 4.90 Å². The molecule has 2 aromatic heterocycles. The van der Waals surface area contributed by atoms with Crippen LogP contribution in [0.25, 0.3) is 97.4 Å². The first-order valence-electron chi connectivity index (χ1n) is 20.7. The van der Waals surface area contributed by atoms with Gasteiger partial charge < -0.3 is 9.32 Å². The Hall–Kier alpha value is -7.72. The predicted octanol–water partition coefficient (Wildman–Crippen LogP) is 17.2. The van der Waals surface area contributed by atoms with Crippen LogP contribution in [0.5, 0.6) is 0 Å². The van der Waals surface area contributed by atoms with E-state index in [2.05, 4.69) is 217 Å². The maximum atomic E-state index is 6.48. The molecule has 0 saturated carbocycles. The van der Waals surface area contributed by atoms with Crippen molar-refractivity contribution in [1.82, 2.24) is 0 Å². The molecular weight excluding hydrogens is 759 g/mol. The molecule has 0 spiro atoms. The second kappa shape index (κ2) is 14.5. The van der Waals surface area contributed by atoms with Crippen LogP contribution in [-0.4, -0.2) is 0 Å². The van der Waals surface area contributed by atoms with Crippen LogP contribution in [0, 0.1) is 0 Å². The zero-order chi connectivity index (χ0) is 40.3. The molecule has 0 N–H and O–H groups in total. The normalized spacial score (nSPS) is 11.6. The van der Waals surface area contributed by atoms with Gasteiger partial charge in [0, 0.05) is 53.4 Å². The zero-order valence-corrected chi connectivity index (χ0v) is 33.9. The number of benzene rings is 10. The van der Waals surface area contributed by atoms with Crippen molar-refractivity contribution in [3.05, 3.63) is 224 Å². The molecule has 286 valence electrons. The van der Waals surface area contributed by atoms with Crippen molar-refractivity contribution in [1.29, 1.82) is 0 Å². The first-order valence-corrected chi connectivity index (χ1v) is 21.6. The highest BCUT2D eigenvalue weighted by Crippen LogP contribution is 2.48. The minimum absolute atomic E-state index is 0.903. The number of thiophene rings is 1. The lowest BCUT2D eigenvalue weighted by molar-refractivity contribution is 0.670. The van der Waals surface area contributed by atoms with Crippen LogP contribution in [0.4, 0.5) is 17.1 Å². The summed E-state index contributed by atoms with van der Waals surface area (Å²) < 4.78 is 9.08. The van der Waals surface area contributed by atoms with Gasteiger partial charge >= 0.3 is 0 Å². The highest BCUT2D eigenvalue weighted by molar-refractivity contribution is 7.26. The van der Waals surface area contributed by atoms with Crippen molar-refractivity contribution in [3.63, 3.8) is 0 Å². The second-order valence-corrected chi connectivity index (χ2v) is 16.7. The summed E-state index contributed by atoms with van der Waals surface area (Å²) in [6.07, 6.45) is 0. The van der Waals surface area contributed by atoms with Gasteiger partial charge in [0.2, 0.25) is 0 Å². The quantitative estimate of drug-likeness (QED) is 0.160. The van der Waals surface area contributed by atoms with Gasteiger partial charge in [-0.25, -0.2) is 0 Å². The number of nitrogens with zero attached hydrogens (tertiary/aromatic N) is 1. The molecule has 0 aliphatic heterocycles. The Balaban J connectivity index is 1.06. The summed E-state index contributed by atoms with van der Waals surface area (Å²) in [5.41, 5.74) is 14.4. The van der Waals surface area contributed by atoms with E-state index in [9.17, 15) is 0 Å². The Morgan fingerprint density at radius 3 is 1.77 bits per heavy atom. The third-order valence-corrected chi connectivity index (χ3v) is 13.2. The summed E-state index contributed by atoms with van der Waals surface area (Å²) in [7, 11) is 0. The van der Waals surface area contributed by atoms with Crippen molar-refractivity contribution in [3.8, 4) is 44.5 Å². The van der Waals surface area contributed by atoms with Crippen LogP contribution in [0.3, 0.4) is 0 Å². The minimum Gasteiger partial charge on any atom is -0.455 e. The van der Waals surface area contributed by atoms with Gasteiger partial charge in [0.05, 0.1) is 5.69 Å². The molecule has 61 heavy (non-hydrogen) atoms. The minimum atomic E-state index is 0.903. The topological polar surface area (TPSA) is 16.4 Å². The number of fused-ring (bicyclic) bond motifs is 7. The van der Waals surface area contributed by atoms with E-state index < -0.39 is 0 Å². The van der Waals surface area contributed by atoms with Gasteiger partial charge in [-0.1, -0.05) is 170 Å². The SMILES string of the molecule is c1ccc(-c2cc(N(c3ccc(-c4cccc5c4oc4ccccc45)cc3)c3ccccc3-c3ccccc3)ccc2-c2cccc3sc4cc5ccccc5cc4c23)cc1. The van der Waals surface area contributed by atoms with Crippen LogP contribution in [0.15, 0.2) is 229 Å². The molecule has 3 heteroatoms. The number of hydrogen-bond acceptors (Lipinski definition) is 3. The summed E-state index contributed by atoms with van der Waals surface area (Å²) in [5, 5.41) is 7.40. The second-order valence-electron chi connectivity index (χ2n) is 15.6. The van der Waals surface area contributed by atoms with E-state index in [0.29, 0.717) is 0 Å². The summed E-state index contributed by atoms with van der Waals surface area (Å²) in [6.45, 7) is 0. The van der Waals surface area contributed by atoms with Crippen LogP contribution < -0.4 is 4.90 Å². The van der Waals surface area contributed by atoms with Gasteiger partial charge in [-0.2, -0.15) is 0 Å². The third-order valence-electron chi connectivity index (χ3n) is 12.1. The Morgan fingerprint density at radius 1 is 0.344 bits per heavy atom. The monoisotopic (exact) mass is 795 g/mol. The zero-order valence-electron chi connectivity index (χ0n) is 33.1. The molecule has 0 aliphatic rings. The molecule has 0 amide bonds. The maximum absolute atomic E-state index is 6.48. The van der Waals surface area contributed by atoms with Crippen LogP contribution >= 0.6 is 11.3 Å². The molecule has 2 heterocycles. The summed E-state index contributed by atoms with van der Waals surface area (Å²) in [5.74, 6) is 0. The van der Waals surface area contributed by atoms with Gasteiger partial charge in [0.15, 0.2) is 0 Å². The Bertz CT molecular complexity index is 3580. The summed E-state index contributed by atoms with van der Waals surface area (Å²) in [4.78, 5) is 2.41. The van der Waals surface area contributed by atoms with E-state index in [1.807, 2.05) is 23.5 Å². The fourth-order valence-corrected chi connectivity index (χ4v) is 10.4.